The highest BCUT2D eigenvalue weighted by molar-refractivity contribution is 5.69. The average molecular weight is 320 g/mol. The molecule has 1 atom stereocenters. The fourth-order valence-electron chi connectivity index (χ4n) is 2.84. The minimum atomic E-state index is -0.481. The minimum absolute atomic E-state index is 0.0685. The van der Waals surface area contributed by atoms with Crippen molar-refractivity contribution in [3.05, 3.63) is 23.8 Å². The molecular formula is C17H24N2O4. The first-order valence-electron chi connectivity index (χ1n) is 8.01. The lowest BCUT2D eigenvalue weighted by atomic mass is 10.0. The van der Waals surface area contributed by atoms with Crippen LogP contribution in [0.4, 0.5) is 4.79 Å². The van der Waals surface area contributed by atoms with E-state index in [1.807, 2.05) is 43.9 Å². The van der Waals surface area contributed by atoms with Gasteiger partial charge in [0.2, 0.25) is 6.79 Å². The lowest BCUT2D eigenvalue weighted by molar-refractivity contribution is 0.0122. The molecule has 0 unspecified atom stereocenters. The Morgan fingerprint density at radius 2 is 2.13 bits per heavy atom. The molecule has 2 heterocycles. The second-order valence-electron chi connectivity index (χ2n) is 6.92. The van der Waals surface area contributed by atoms with Crippen LogP contribution in [0.15, 0.2) is 18.2 Å². The van der Waals surface area contributed by atoms with E-state index in [1.54, 1.807) is 0 Å². The number of nitrogens with zero attached hydrogens (tertiary/aromatic N) is 1. The zero-order valence-corrected chi connectivity index (χ0v) is 13.9. The number of fused-ring (bicyclic) bond motifs is 1. The Hall–Kier alpha value is -1.95. The summed E-state index contributed by atoms with van der Waals surface area (Å²) in [5, 5.41) is 3.35. The molecule has 1 amide bonds. The van der Waals surface area contributed by atoms with Gasteiger partial charge in [0.05, 0.1) is 6.04 Å². The number of hydrogen-bond donors (Lipinski definition) is 1. The lowest BCUT2D eigenvalue weighted by Gasteiger charge is -2.37. The van der Waals surface area contributed by atoms with Gasteiger partial charge in [-0.2, -0.15) is 0 Å². The molecule has 0 spiro atoms. The first kappa shape index (κ1) is 15.9. The van der Waals surface area contributed by atoms with Crippen molar-refractivity contribution in [3.63, 3.8) is 0 Å². The molecule has 1 aromatic rings. The Kier molecular flexibility index (Phi) is 4.35. The normalized spacial score (nSPS) is 20.5. The summed E-state index contributed by atoms with van der Waals surface area (Å²) >= 11 is 0. The Labute approximate surface area is 136 Å². The predicted octanol–water partition coefficient (Wildman–Crippen LogP) is 2.17. The van der Waals surface area contributed by atoms with Gasteiger partial charge in [-0.25, -0.2) is 4.79 Å². The molecule has 0 saturated carbocycles. The lowest BCUT2D eigenvalue weighted by Crippen LogP contribution is -2.55. The molecule has 0 bridgehead atoms. The molecule has 3 rings (SSSR count). The molecule has 0 radical (unpaired) electrons. The summed E-state index contributed by atoms with van der Waals surface area (Å²) in [5.41, 5.74) is 0.641. The molecule has 23 heavy (non-hydrogen) atoms. The second-order valence-corrected chi connectivity index (χ2v) is 6.92. The van der Waals surface area contributed by atoms with Crippen LogP contribution < -0.4 is 14.8 Å². The van der Waals surface area contributed by atoms with Crippen molar-refractivity contribution >= 4 is 6.09 Å². The number of benzene rings is 1. The van der Waals surface area contributed by atoms with E-state index >= 15 is 0 Å². The van der Waals surface area contributed by atoms with Crippen LogP contribution in [-0.4, -0.2) is 49.1 Å². The summed E-state index contributed by atoms with van der Waals surface area (Å²) in [7, 11) is 0. The number of hydrogen-bond acceptors (Lipinski definition) is 5. The van der Waals surface area contributed by atoms with Crippen LogP contribution in [0.25, 0.3) is 0 Å². The van der Waals surface area contributed by atoms with Crippen molar-refractivity contribution in [1.82, 2.24) is 10.2 Å². The number of ether oxygens (including phenoxy) is 3. The summed E-state index contributed by atoms with van der Waals surface area (Å²) < 4.78 is 16.3. The highest BCUT2D eigenvalue weighted by Crippen LogP contribution is 2.33. The van der Waals surface area contributed by atoms with Crippen LogP contribution in [0.2, 0.25) is 0 Å². The summed E-state index contributed by atoms with van der Waals surface area (Å²) in [4.78, 5) is 14.3. The van der Waals surface area contributed by atoms with Gasteiger partial charge in [0.1, 0.15) is 5.60 Å². The molecule has 2 aliphatic rings. The summed E-state index contributed by atoms with van der Waals surface area (Å²) in [5.74, 6) is 1.55. The standard InChI is InChI=1S/C17H24N2O4/c1-17(2,3)23-16(20)19-7-6-18-10-13(19)8-12-4-5-14-15(9-12)22-11-21-14/h4-5,9,13,18H,6-8,10-11H2,1-3H3/t13-/m1/s1. The van der Waals surface area contributed by atoms with Crippen LogP contribution in [0.3, 0.4) is 0 Å². The number of amides is 1. The zero-order chi connectivity index (χ0) is 16.4. The van der Waals surface area contributed by atoms with Crippen molar-refractivity contribution < 1.29 is 19.0 Å². The van der Waals surface area contributed by atoms with E-state index in [4.69, 9.17) is 14.2 Å². The minimum Gasteiger partial charge on any atom is -0.454 e. The third kappa shape index (κ3) is 3.88. The summed E-state index contributed by atoms with van der Waals surface area (Å²) in [6.45, 7) is 8.14. The van der Waals surface area contributed by atoms with E-state index in [2.05, 4.69) is 5.32 Å². The summed E-state index contributed by atoms with van der Waals surface area (Å²) in [6.07, 6.45) is 0.507. The third-order valence-corrected chi connectivity index (χ3v) is 3.89. The van der Waals surface area contributed by atoms with E-state index in [0.717, 1.165) is 36.6 Å². The van der Waals surface area contributed by atoms with Gasteiger partial charge in [-0.1, -0.05) is 6.07 Å². The van der Waals surface area contributed by atoms with Crippen molar-refractivity contribution in [2.45, 2.75) is 38.8 Å². The molecule has 6 nitrogen and oxygen atoms in total. The van der Waals surface area contributed by atoms with Crippen molar-refractivity contribution in [2.24, 2.45) is 0 Å². The van der Waals surface area contributed by atoms with Gasteiger partial charge < -0.3 is 24.4 Å². The van der Waals surface area contributed by atoms with Crippen molar-refractivity contribution in [1.29, 1.82) is 0 Å². The SMILES string of the molecule is CC(C)(C)OC(=O)N1CCNC[C@H]1Cc1ccc2c(c1)OCO2. The van der Waals surface area contributed by atoms with Crippen LogP contribution in [0.1, 0.15) is 26.3 Å². The van der Waals surface area contributed by atoms with Gasteiger partial charge in [-0.3, -0.25) is 0 Å². The van der Waals surface area contributed by atoms with Crippen LogP contribution >= 0.6 is 0 Å². The van der Waals surface area contributed by atoms with E-state index in [1.165, 1.54) is 0 Å². The Morgan fingerprint density at radius 1 is 1.35 bits per heavy atom. The highest BCUT2D eigenvalue weighted by Gasteiger charge is 2.30. The smallest absolute Gasteiger partial charge is 0.410 e. The molecule has 126 valence electrons. The molecule has 0 aromatic heterocycles. The van der Waals surface area contributed by atoms with Gasteiger partial charge >= 0.3 is 6.09 Å². The molecule has 1 fully saturated rings. The maximum absolute atomic E-state index is 12.4. The number of rotatable bonds is 2. The van der Waals surface area contributed by atoms with Gasteiger partial charge in [0.15, 0.2) is 11.5 Å². The van der Waals surface area contributed by atoms with Crippen molar-refractivity contribution in [3.8, 4) is 11.5 Å². The first-order chi connectivity index (χ1) is 10.9. The molecule has 6 heteroatoms. The van der Waals surface area contributed by atoms with Gasteiger partial charge in [-0.15, -0.1) is 0 Å². The van der Waals surface area contributed by atoms with Gasteiger partial charge in [0, 0.05) is 19.6 Å². The average Bonchev–Trinajstić information content (AvgIpc) is 2.93. The van der Waals surface area contributed by atoms with Gasteiger partial charge in [0.25, 0.3) is 0 Å². The van der Waals surface area contributed by atoms with Crippen LogP contribution in [0, 0.1) is 0 Å². The topological polar surface area (TPSA) is 60.0 Å². The predicted molar refractivity (Wildman–Crippen MR) is 85.9 cm³/mol. The fraction of sp³-hybridized carbons (Fsp3) is 0.588. The Morgan fingerprint density at radius 3 is 2.91 bits per heavy atom. The van der Waals surface area contributed by atoms with Gasteiger partial charge in [-0.05, 0) is 44.9 Å². The molecule has 1 N–H and O–H groups in total. The maximum Gasteiger partial charge on any atom is 0.410 e. The molecular weight excluding hydrogens is 296 g/mol. The van der Waals surface area contributed by atoms with Crippen LogP contribution in [-0.2, 0) is 11.2 Å². The monoisotopic (exact) mass is 320 g/mol. The van der Waals surface area contributed by atoms with E-state index in [-0.39, 0.29) is 18.9 Å². The van der Waals surface area contributed by atoms with E-state index in [0.29, 0.717) is 6.54 Å². The molecule has 0 aliphatic carbocycles. The van der Waals surface area contributed by atoms with Crippen molar-refractivity contribution in [2.75, 3.05) is 26.4 Å². The number of carbonyl (C=O) groups excluding carboxylic acids is 1. The molecule has 1 saturated heterocycles. The second kappa shape index (κ2) is 6.28. The van der Waals surface area contributed by atoms with E-state index < -0.39 is 5.60 Å². The quantitative estimate of drug-likeness (QED) is 0.905. The third-order valence-electron chi connectivity index (χ3n) is 3.89. The number of carbonyl (C=O) groups is 1. The number of piperazine rings is 1. The summed E-state index contributed by atoms with van der Waals surface area (Å²) in [6, 6.07) is 6.00. The van der Waals surface area contributed by atoms with E-state index in [9.17, 15) is 4.79 Å². The number of nitrogens with one attached hydrogen (secondary N) is 1. The largest absolute Gasteiger partial charge is 0.454 e. The fourth-order valence-corrected chi connectivity index (χ4v) is 2.84. The Bertz CT molecular complexity index is 582. The first-order valence-corrected chi connectivity index (χ1v) is 8.01. The van der Waals surface area contributed by atoms with Crippen LogP contribution in [0.5, 0.6) is 11.5 Å². The molecule has 2 aliphatic heterocycles. The zero-order valence-electron chi connectivity index (χ0n) is 13.9. The highest BCUT2D eigenvalue weighted by atomic mass is 16.7. The maximum atomic E-state index is 12.4. The molecule has 1 aromatic carbocycles. The Balaban J connectivity index is 1.70.